The zero-order valence-corrected chi connectivity index (χ0v) is 14.5. The minimum atomic E-state index is 0.485. The van der Waals surface area contributed by atoms with Crippen LogP contribution in [0.3, 0.4) is 0 Å². The maximum absolute atomic E-state index is 5.78. The van der Waals surface area contributed by atoms with Gasteiger partial charge < -0.3 is 14.8 Å². The van der Waals surface area contributed by atoms with Crippen LogP contribution in [0.4, 0.5) is 5.82 Å². The number of aromatic nitrogens is 2. The minimum absolute atomic E-state index is 0.485. The van der Waals surface area contributed by atoms with Gasteiger partial charge in [-0.1, -0.05) is 26.8 Å². The summed E-state index contributed by atoms with van der Waals surface area (Å²) in [6.07, 6.45) is 3.07. The molecule has 1 heterocycles. The van der Waals surface area contributed by atoms with E-state index in [0.29, 0.717) is 19.1 Å². The minimum Gasteiger partial charge on any atom is -0.493 e. The number of aryl methyl sites for hydroxylation is 1. The maximum atomic E-state index is 5.78. The third-order valence-electron chi connectivity index (χ3n) is 3.37. The Hall–Kier alpha value is -2.17. The van der Waals surface area contributed by atoms with E-state index in [-0.39, 0.29) is 0 Å². The molecule has 0 radical (unpaired) electrons. The summed E-state index contributed by atoms with van der Waals surface area (Å²) in [7, 11) is 1.67. The average Bonchev–Trinajstić information content (AvgIpc) is 2.99. The summed E-state index contributed by atoms with van der Waals surface area (Å²) in [5, 5.41) is 7.81. The molecule has 0 unspecified atom stereocenters. The molecule has 5 heteroatoms. The van der Waals surface area contributed by atoms with E-state index in [2.05, 4.69) is 31.2 Å². The van der Waals surface area contributed by atoms with E-state index in [9.17, 15) is 0 Å². The number of methoxy groups -OCH3 is 1. The van der Waals surface area contributed by atoms with E-state index in [1.54, 1.807) is 7.11 Å². The molecule has 0 amide bonds. The van der Waals surface area contributed by atoms with Crippen molar-refractivity contribution in [1.29, 1.82) is 0 Å². The molecule has 1 aromatic heterocycles. The van der Waals surface area contributed by atoms with Crippen molar-refractivity contribution >= 4 is 5.82 Å². The van der Waals surface area contributed by atoms with Crippen LogP contribution in [0, 0.1) is 5.92 Å². The largest absolute Gasteiger partial charge is 0.493 e. The molecule has 0 aliphatic rings. The van der Waals surface area contributed by atoms with Gasteiger partial charge >= 0.3 is 0 Å². The van der Waals surface area contributed by atoms with Gasteiger partial charge in [0, 0.05) is 25.4 Å². The van der Waals surface area contributed by atoms with E-state index in [1.807, 2.05) is 35.1 Å². The lowest BCUT2D eigenvalue weighted by atomic mass is 10.2. The number of benzene rings is 1. The van der Waals surface area contributed by atoms with Gasteiger partial charge in [-0.25, -0.2) is 0 Å². The lowest BCUT2D eigenvalue weighted by Crippen LogP contribution is -2.06. The van der Waals surface area contributed by atoms with Gasteiger partial charge in [0.2, 0.25) is 0 Å². The third-order valence-corrected chi connectivity index (χ3v) is 3.37. The topological polar surface area (TPSA) is 48.3 Å². The van der Waals surface area contributed by atoms with E-state index in [1.165, 1.54) is 0 Å². The van der Waals surface area contributed by atoms with Crippen molar-refractivity contribution in [1.82, 2.24) is 9.78 Å². The van der Waals surface area contributed by atoms with Gasteiger partial charge in [0.05, 0.1) is 13.7 Å². The first-order valence-electron chi connectivity index (χ1n) is 8.19. The van der Waals surface area contributed by atoms with Crippen molar-refractivity contribution in [3.8, 4) is 11.5 Å². The monoisotopic (exact) mass is 317 g/mol. The van der Waals surface area contributed by atoms with Gasteiger partial charge in [-0.15, -0.1) is 0 Å². The molecule has 0 saturated heterocycles. The summed E-state index contributed by atoms with van der Waals surface area (Å²) in [6.45, 7) is 8.72. The Bertz CT molecular complexity index is 608. The number of hydrogen-bond donors (Lipinski definition) is 1. The Morgan fingerprint density at radius 2 is 2.04 bits per heavy atom. The van der Waals surface area contributed by atoms with Gasteiger partial charge in [0.1, 0.15) is 5.82 Å². The molecule has 126 valence electrons. The van der Waals surface area contributed by atoms with Crippen LogP contribution in [0.25, 0.3) is 0 Å². The van der Waals surface area contributed by atoms with Crippen LogP contribution in [-0.4, -0.2) is 23.5 Å². The van der Waals surface area contributed by atoms with Crippen LogP contribution >= 0.6 is 0 Å². The van der Waals surface area contributed by atoms with Crippen molar-refractivity contribution in [3.05, 3.63) is 36.0 Å². The Balaban J connectivity index is 1.96. The van der Waals surface area contributed by atoms with Crippen LogP contribution < -0.4 is 14.8 Å². The normalized spacial score (nSPS) is 10.8. The molecule has 2 aromatic rings. The quantitative estimate of drug-likeness (QED) is 0.761. The van der Waals surface area contributed by atoms with Crippen LogP contribution in [0.15, 0.2) is 30.5 Å². The molecule has 0 aliphatic heterocycles. The van der Waals surface area contributed by atoms with Crippen molar-refractivity contribution in [3.63, 3.8) is 0 Å². The molecule has 1 aromatic carbocycles. The summed E-state index contributed by atoms with van der Waals surface area (Å²) < 4.78 is 13.2. The van der Waals surface area contributed by atoms with Crippen molar-refractivity contribution in [2.24, 2.45) is 5.92 Å². The number of ether oxygens (including phenoxy) is 2. The summed E-state index contributed by atoms with van der Waals surface area (Å²) >= 11 is 0. The van der Waals surface area contributed by atoms with E-state index < -0.39 is 0 Å². The van der Waals surface area contributed by atoms with Crippen LogP contribution in [-0.2, 0) is 13.1 Å². The summed E-state index contributed by atoms with van der Waals surface area (Å²) in [4.78, 5) is 0. The van der Waals surface area contributed by atoms with Gasteiger partial charge in [0.15, 0.2) is 11.5 Å². The number of nitrogens with one attached hydrogen (secondary N) is 1. The molecule has 0 aliphatic carbocycles. The zero-order valence-electron chi connectivity index (χ0n) is 14.5. The second kappa shape index (κ2) is 8.46. The van der Waals surface area contributed by atoms with Gasteiger partial charge in [0.25, 0.3) is 0 Å². The highest BCUT2D eigenvalue weighted by Crippen LogP contribution is 2.28. The Labute approximate surface area is 138 Å². The lowest BCUT2D eigenvalue weighted by Gasteiger charge is -2.13. The molecular weight excluding hydrogens is 290 g/mol. The second-order valence-corrected chi connectivity index (χ2v) is 6.01. The molecule has 0 saturated carbocycles. The van der Waals surface area contributed by atoms with Gasteiger partial charge in [-0.2, -0.15) is 5.10 Å². The second-order valence-electron chi connectivity index (χ2n) is 6.01. The Morgan fingerprint density at radius 3 is 2.74 bits per heavy atom. The molecule has 0 bridgehead atoms. The highest BCUT2D eigenvalue weighted by atomic mass is 16.5. The fourth-order valence-electron chi connectivity index (χ4n) is 2.20. The fraction of sp³-hybridized carbons (Fsp3) is 0.500. The predicted molar refractivity (Wildman–Crippen MR) is 93.2 cm³/mol. The first-order chi connectivity index (χ1) is 11.1. The number of nitrogens with zero attached hydrogens (tertiary/aromatic N) is 2. The van der Waals surface area contributed by atoms with Crippen molar-refractivity contribution in [2.75, 3.05) is 19.0 Å². The number of anilines is 1. The Morgan fingerprint density at radius 1 is 1.22 bits per heavy atom. The molecule has 2 rings (SSSR count). The van der Waals surface area contributed by atoms with Crippen LogP contribution in [0.1, 0.15) is 32.8 Å². The van der Waals surface area contributed by atoms with Gasteiger partial charge in [-0.05, 0) is 30.0 Å². The summed E-state index contributed by atoms with van der Waals surface area (Å²) in [5.41, 5.74) is 1.13. The SMILES string of the molecule is CCCn1ccc(NCc2ccc(OCC(C)C)c(OC)c2)n1. The molecule has 5 nitrogen and oxygen atoms in total. The molecule has 23 heavy (non-hydrogen) atoms. The third kappa shape index (κ3) is 5.20. The molecule has 0 spiro atoms. The lowest BCUT2D eigenvalue weighted by molar-refractivity contribution is 0.257. The summed E-state index contributed by atoms with van der Waals surface area (Å²) in [6, 6.07) is 8.01. The Kier molecular flexibility index (Phi) is 6.32. The maximum Gasteiger partial charge on any atom is 0.161 e. The number of hydrogen-bond acceptors (Lipinski definition) is 4. The molecule has 1 N–H and O–H groups in total. The predicted octanol–water partition coefficient (Wildman–Crippen LogP) is 3.95. The first kappa shape index (κ1) is 17.2. The van der Waals surface area contributed by atoms with Crippen LogP contribution in [0.5, 0.6) is 11.5 Å². The molecule has 0 atom stereocenters. The van der Waals surface area contributed by atoms with Gasteiger partial charge in [-0.3, -0.25) is 4.68 Å². The van der Waals surface area contributed by atoms with Crippen LogP contribution in [0.2, 0.25) is 0 Å². The summed E-state index contributed by atoms with van der Waals surface area (Å²) in [5.74, 6) is 2.93. The smallest absolute Gasteiger partial charge is 0.161 e. The van der Waals surface area contributed by atoms with E-state index in [4.69, 9.17) is 9.47 Å². The molecule has 0 fully saturated rings. The van der Waals surface area contributed by atoms with E-state index in [0.717, 1.165) is 35.8 Å². The van der Waals surface area contributed by atoms with Crippen molar-refractivity contribution in [2.45, 2.75) is 40.3 Å². The average molecular weight is 317 g/mol. The zero-order chi connectivity index (χ0) is 16.7. The first-order valence-corrected chi connectivity index (χ1v) is 8.19. The molecular formula is C18H27N3O2. The standard InChI is InChI=1S/C18H27N3O2/c1-5-9-21-10-8-18(20-21)19-12-15-6-7-16(17(11-15)22-4)23-13-14(2)3/h6-8,10-11,14H,5,9,12-13H2,1-4H3,(H,19,20). The highest BCUT2D eigenvalue weighted by Gasteiger charge is 2.07. The number of rotatable bonds is 9. The highest BCUT2D eigenvalue weighted by molar-refractivity contribution is 5.44. The van der Waals surface area contributed by atoms with E-state index >= 15 is 0 Å². The fourth-order valence-corrected chi connectivity index (χ4v) is 2.20. The van der Waals surface area contributed by atoms with Crippen molar-refractivity contribution < 1.29 is 9.47 Å².